The Morgan fingerprint density at radius 2 is 1.89 bits per heavy atom. The highest BCUT2D eigenvalue weighted by Crippen LogP contribution is 2.36. The number of nitrogens with two attached hydrogens (primary N) is 1. The van der Waals surface area contributed by atoms with E-state index in [0.717, 1.165) is 37.1 Å². The SMILES string of the molecule is Cc1nnc(NC(=O)C2(CN)CCCCC2)nc1C. The van der Waals surface area contributed by atoms with Crippen LogP contribution in [-0.2, 0) is 4.79 Å². The van der Waals surface area contributed by atoms with Crippen molar-refractivity contribution in [2.75, 3.05) is 11.9 Å². The summed E-state index contributed by atoms with van der Waals surface area (Å²) in [5, 5.41) is 10.6. The van der Waals surface area contributed by atoms with Gasteiger partial charge in [0, 0.05) is 6.54 Å². The van der Waals surface area contributed by atoms with E-state index >= 15 is 0 Å². The fourth-order valence-corrected chi connectivity index (χ4v) is 2.50. The van der Waals surface area contributed by atoms with Crippen LogP contribution in [0.2, 0.25) is 0 Å². The number of rotatable bonds is 3. The predicted molar refractivity (Wildman–Crippen MR) is 72.5 cm³/mol. The van der Waals surface area contributed by atoms with E-state index in [-0.39, 0.29) is 11.9 Å². The van der Waals surface area contributed by atoms with Crippen molar-refractivity contribution in [3.63, 3.8) is 0 Å². The maximum atomic E-state index is 12.4. The summed E-state index contributed by atoms with van der Waals surface area (Å²) in [6.07, 6.45) is 4.96. The van der Waals surface area contributed by atoms with Gasteiger partial charge in [-0.25, -0.2) is 4.98 Å². The van der Waals surface area contributed by atoms with Gasteiger partial charge >= 0.3 is 0 Å². The van der Waals surface area contributed by atoms with Crippen molar-refractivity contribution in [2.24, 2.45) is 11.1 Å². The summed E-state index contributed by atoms with van der Waals surface area (Å²) in [5.74, 6) is 0.200. The minimum absolute atomic E-state index is 0.0697. The highest BCUT2D eigenvalue weighted by molar-refractivity contribution is 5.94. The van der Waals surface area contributed by atoms with Gasteiger partial charge in [-0.2, -0.15) is 5.10 Å². The number of amides is 1. The smallest absolute Gasteiger partial charge is 0.249 e. The lowest BCUT2D eigenvalue weighted by Gasteiger charge is -2.34. The molecule has 2 rings (SSSR count). The number of carbonyl (C=O) groups is 1. The number of nitrogens with zero attached hydrogens (tertiary/aromatic N) is 3. The first-order chi connectivity index (χ1) is 9.07. The van der Waals surface area contributed by atoms with Gasteiger partial charge < -0.3 is 5.73 Å². The maximum Gasteiger partial charge on any atom is 0.249 e. The fraction of sp³-hybridized carbons (Fsp3) is 0.692. The molecule has 104 valence electrons. The molecular formula is C13H21N5O. The van der Waals surface area contributed by atoms with Crippen molar-refractivity contribution in [3.05, 3.63) is 11.4 Å². The average molecular weight is 263 g/mol. The first kappa shape index (κ1) is 13.9. The first-order valence-electron chi connectivity index (χ1n) is 6.77. The fourth-order valence-electron chi connectivity index (χ4n) is 2.50. The van der Waals surface area contributed by atoms with E-state index in [4.69, 9.17) is 5.73 Å². The Kier molecular flexibility index (Phi) is 4.09. The molecule has 6 heteroatoms. The Balaban J connectivity index is 2.12. The van der Waals surface area contributed by atoms with Crippen molar-refractivity contribution < 1.29 is 4.79 Å². The molecule has 0 radical (unpaired) electrons. The lowest BCUT2D eigenvalue weighted by molar-refractivity contribution is -0.126. The molecule has 0 saturated heterocycles. The molecule has 1 aromatic heterocycles. The van der Waals surface area contributed by atoms with Gasteiger partial charge in [-0.05, 0) is 26.7 Å². The largest absolute Gasteiger partial charge is 0.329 e. The lowest BCUT2D eigenvalue weighted by Crippen LogP contribution is -2.44. The minimum atomic E-state index is -0.458. The second-order valence-electron chi connectivity index (χ2n) is 5.31. The zero-order valence-corrected chi connectivity index (χ0v) is 11.6. The molecule has 0 unspecified atom stereocenters. The maximum absolute atomic E-state index is 12.4. The van der Waals surface area contributed by atoms with E-state index in [1.54, 1.807) is 0 Å². The van der Waals surface area contributed by atoms with Crippen LogP contribution in [-0.4, -0.2) is 27.6 Å². The molecule has 19 heavy (non-hydrogen) atoms. The molecule has 1 fully saturated rings. The number of aromatic nitrogens is 3. The van der Waals surface area contributed by atoms with Gasteiger partial charge in [0.05, 0.1) is 16.8 Å². The van der Waals surface area contributed by atoms with Crippen molar-refractivity contribution in [1.29, 1.82) is 0 Å². The molecule has 1 saturated carbocycles. The van der Waals surface area contributed by atoms with Gasteiger partial charge in [0.1, 0.15) is 0 Å². The number of carbonyl (C=O) groups excluding carboxylic acids is 1. The number of hydrogen-bond donors (Lipinski definition) is 2. The van der Waals surface area contributed by atoms with Crippen molar-refractivity contribution >= 4 is 11.9 Å². The predicted octanol–water partition coefficient (Wildman–Crippen LogP) is 1.34. The Hall–Kier alpha value is -1.56. The van der Waals surface area contributed by atoms with E-state index in [1.807, 2.05) is 13.8 Å². The van der Waals surface area contributed by atoms with E-state index in [0.29, 0.717) is 6.54 Å². The molecule has 1 aliphatic rings. The van der Waals surface area contributed by atoms with Crippen molar-refractivity contribution in [3.8, 4) is 0 Å². The van der Waals surface area contributed by atoms with Crippen LogP contribution in [0.25, 0.3) is 0 Å². The van der Waals surface area contributed by atoms with Gasteiger partial charge in [0.15, 0.2) is 0 Å². The van der Waals surface area contributed by atoms with Crippen molar-refractivity contribution in [1.82, 2.24) is 15.2 Å². The van der Waals surface area contributed by atoms with Crippen LogP contribution < -0.4 is 11.1 Å². The monoisotopic (exact) mass is 263 g/mol. The van der Waals surface area contributed by atoms with Gasteiger partial charge in [-0.1, -0.05) is 19.3 Å². The van der Waals surface area contributed by atoms with Crippen LogP contribution in [0.15, 0.2) is 0 Å². The minimum Gasteiger partial charge on any atom is -0.329 e. The van der Waals surface area contributed by atoms with Crippen LogP contribution >= 0.6 is 0 Å². The molecule has 1 aliphatic carbocycles. The van der Waals surface area contributed by atoms with Crippen LogP contribution in [0.5, 0.6) is 0 Å². The standard InChI is InChI=1S/C13H21N5O/c1-9-10(2)17-18-12(15-9)16-11(19)13(8-14)6-4-3-5-7-13/h3-8,14H2,1-2H3,(H,15,16,18,19). The normalized spacial score (nSPS) is 18.1. The number of aryl methyl sites for hydroxylation is 2. The summed E-state index contributed by atoms with van der Waals surface area (Å²) in [6.45, 7) is 4.06. The molecular weight excluding hydrogens is 242 g/mol. The van der Waals surface area contributed by atoms with Crippen LogP contribution in [0.1, 0.15) is 43.5 Å². The van der Waals surface area contributed by atoms with E-state index in [2.05, 4.69) is 20.5 Å². The third-order valence-electron chi connectivity index (χ3n) is 4.00. The Bertz CT molecular complexity index is 468. The summed E-state index contributed by atoms with van der Waals surface area (Å²) in [5.41, 5.74) is 6.91. The van der Waals surface area contributed by atoms with Crippen LogP contribution in [0.4, 0.5) is 5.95 Å². The lowest BCUT2D eigenvalue weighted by atomic mass is 9.73. The second-order valence-corrected chi connectivity index (χ2v) is 5.31. The Morgan fingerprint density at radius 1 is 1.21 bits per heavy atom. The summed E-state index contributed by atoms with van der Waals surface area (Å²) >= 11 is 0. The molecule has 1 heterocycles. The third-order valence-corrected chi connectivity index (χ3v) is 4.00. The van der Waals surface area contributed by atoms with E-state index in [9.17, 15) is 4.79 Å². The molecule has 0 aromatic carbocycles. The molecule has 6 nitrogen and oxygen atoms in total. The molecule has 0 bridgehead atoms. The number of hydrogen-bond acceptors (Lipinski definition) is 5. The van der Waals surface area contributed by atoms with Gasteiger partial charge in [0.2, 0.25) is 11.9 Å². The summed E-state index contributed by atoms with van der Waals surface area (Å²) in [4.78, 5) is 16.6. The highest BCUT2D eigenvalue weighted by Gasteiger charge is 2.38. The zero-order chi connectivity index (χ0) is 13.9. The van der Waals surface area contributed by atoms with Gasteiger partial charge in [-0.3, -0.25) is 10.1 Å². The molecule has 1 aromatic rings. The number of nitrogens with one attached hydrogen (secondary N) is 1. The molecule has 3 N–H and O–H groups in total. The summed E-state index contributed by atoms with van der Waals surface area (Å²) < 4.78 is 0. The van der Waals surface area contributed by atoms with Gasteiger partial charge in [-0.15, -0.1) is 5.10 Å². The van der Waals surface area contributed by atoms with Gasteiger partial charge in [0.25, 0.3) is 0 Å². The quantitative estimate of drug-likeness (QED) is 0.858. The first-order valence-corrected chi connectivity index (χ1v) is 6.77. The summed E-state index contributed by atoms with van der Waals surface area (Å²) in [7, 11) is 0. The van der Waals surface area contributed by atoms with Crippen molar-refractivity contribution in [2.45, 2.75) is 46.0 Å². The molecule has 1 amide bonds. The Morgan fingerprint density at radius 3 is 2.47 bits per heavy atom. The topological polar surface area (TPSA) is 93.8 Å². The van der Waals surface area contributed by atoms with Crippen LogP contribution in [0, 0.1) is 19.3 Å². The Labute approximate surface area is 113 Å². The zero-order valence-electron chi connectivity index (χ0n) is 11.6. The number of anilines is 1. The van der Waals surface area contributed by atoms with E-state index in [1.165, 1.54) is 6.42 Å². The van der Waals surface area contributed by atoms with Crippen LogP contribution in [0.3, 0.4) is 0 Å². The highest BCUT2D eigenvalue weighted by atomic mass is 16.2. The molecule has 0 spiro atoms. The second kappa shape index (κ2) is 5.61. The molecule has 0 aliphatic heterocycles. The summed E-state index contributed by atoms with van der Waals surface area (Å²) in [6, 6.07) is 0. The third kappa shape index (κ3) is 2.89. The molecule has 0 atom stereocenters. The van der Waals surface area contributed by atoms with E-state index < -0.39 is 5.41 Å². The average Bonchev–Trinajstić information content (AvgIpc) is 2.43.